The highest BCUT2D eigenvalue weighted by atomic mass is 16.6. The number of nitriles is 1. The third kappa shape index (κ3) is 3.23. The molecular formula is C14H18N4O2. The van der Waals surface area contributed by atoms with Crippen LogP contribution in [-0.2, 0) is 0 Å². The predicted octanol–water partition coefficient (Wildman–Crippen LogP) is 2.88. The highest BCUT2D eigenvalue weighted by Gasteiger charge is 2.30. The molecule has 0 bridgehead atoms. The van der Waals surface area contributed by atoms with E-state index < -0.39 is 4.92 Å². The highest BCUT2D eigenvalue weighted by molar-refractivity contribution is 5.52. The van der Waals surface area contributed by atoms with Crippen LogP contribution in [0.25, 0.3) is 0 Å². The number of hydrogen-bond donors (Lipinski definition) is 0. The van der Waals surface area contributed by atoms with Gasteiger partial charge in [-0.2, -0.15) is 5.26 Å². The van der Waals surface area contributed by atoms with Crippen LogP contribution in [0.4, 0.5) is 11.5 Å². The highest BCUT2D eigenvalue weighted by Crippen LogP contribution is 2.32. The van der Waals surface area contributed by atoms with E-state index in [1.165, 1.54) is 6.07 Å². The van der Waals surface area contributed by atoms with Crippen molar-refractivity contribution < 1.29 is 4.92 Å². The van der Waals surface area contributed by atoms with E-state index in [-0.39, 0.29) is 11.4 Å². The fourth-order valence-electron chi connectivity index (χ4n) is 2.10. The second-order valence-electron chi connectivity index (χ2n) is 5.51. The smallest absolute Gasteiger partial charge is 0.305 e. The van der Waals surface area contributed by atoms with Crippen molar-refractivity contribution in [3.63, 3.8) is 0 Å². The van der Waals surface area contributed by atoms with Gasteiger partial charge in [-0.15, -0.1) is 0 Å². The van der Waals surface area contributed by atoms with Crippen molar-refractivity contribution >= 4 is 11.5 Å². The Bertz CT molecular complexity index is 547. The summed E-state index contributed by atoms with van der Waals surface area (Å²) in [6, 6.07) is 5.31. The molecule has 0 spiro atoms. The predicted molar refractivity (Wildman–Crippen MR) is 75.4 cm³/mol. The lowest BCUT2D eigenvalue weighted by Gasteiger charge is -2.24. The molecule has 0 unspecified atom stereocenters. The van der Waals surface area contributed by atoms with E-state index in [4.69, 9.17) is 5.26 Å². The maximum Gasteiger partial charge on any atom is 0.305 e. The fraction of sp³-hybridized carbons (Fsp3) is 0.571. The molecule has 0 aromatic carbocycles. The first-order chi connectivity index (χ1) is 9.52. The Labute approximate surface area is 118 Å². The molecule has 20 heavy (non-hydrogen) atoms. The second-order valence-corrected chi connectivity index (χ2v) is 5.51. The van der Waals surface area contributed by atoms with Crippen molar-refractivity contribution in [3.8, 4) is 6.07 Å². The van der Waals surface area contributed by atoms with E-state index in [1.54, 1.807) is 6.07 Å². The normalized spacial score (nSPS) is 14.1. The van der Waals surface area contributed by atoms with E-state index in [1.807, 2.05) is 6.07 Å². The van der Waals surface area contributed by atoms with Gasteiger partial charge in [-0.05, 0) is 31.2 Å². The molecule has 1 saturated carbocycles. The quantitative estimate of drug-likeness (QED) is 0.588. The molecule has 0 saturated heterocycles. The zero-order valence-corrected chi connectivity index (χ0v) is 11.7. The molecule has 106 valence electrons. The average molecular weight is 274 g/mol. The molecule has 6 heteroatoms. The third-order valence-corrected chi connectivity index (χ3v) is 3.39. The molecule has 1 heterocycles. The van der Waals surface area contributed by atoms with Crippen LogP contribution >= 0.6 is 0 Å². The van der Waals surface area contributed by atoms with Crippen molar-refractivity contribution in [1.29, 1.82) is 5.26 Å². The molecule has 0 aliphatic heterocycles. The van der Waals surface area contributed by atoms with E-state index in [2.05, 4.69) is 23.7 Å². The van der Waals surface area contributed by atoms with Gasteiger partial charge in [-0.3, -0.25) is 10.1 Å². The standard InChI is InChI=1S/C14H18N4O2/c1-10(2)7-8-17(11-3-4-11)14-6-5-13(18(19)20)12(9-15)16-14/h5-6,10-11H,3-4,7-8H2,1-2H3. The Balaban J connectivity index is 2.25. The molecule has 1 fully saturated rings. The van der Waals surface area contributed by atoms with Crippen LogP contribution in [-0.4, -0.2) is 22.5 Å². The van der Waals surface area contributed by atoms with Gasteiger partial charge in [0.25, 0.3) is 0 Å². The topological polar surface area (TPSA) is 83.1 Å². The molecule has 1 aliphatic carbocycles. The van der Waals surface area contributed by atoms with Crippen molar-refractivity contribution in [2.75, 3.05) is 11.4 Å². The average Bonchev–Trinajstić information content (AvgIpc) is 3.22. The Morgan fingerprint density at radius 2 is 2.25 bits per heavy atom. The number of aromatic nitrogens is 1. The molecule has 2 rings (SSSR count). The monoisotopic (exact) mass is 274 g/mol. The minimum atomic E-state index is -0.565. The Hall–Kier alpha value is -2.16. The number of nitrogens with zero attached hydrogens (tertiary/aromatic N) is 4. The van der Waals surface area contributed by atoms with Gasteiger partial charge in [0.1, 0.15) is 11.9 Å². The first kappa shape index (κ1) is 14.3. The van der Waals surface area contributed by atoms with Gasteiger partial charge < -0.3 is 4.90 Å². The minimum Gasteiger partial charge on any atom is -0.354 e. The van der Waals surface area contributed by atoms with Crippen molar-refractivity contribution in [2.24, 2.45) is 5.92 Å². The number of hydrogen-bond acceptors (Lipinski definition) is 5. The van der Waals surface area contributed by atoms with E-state index in [0.717, 1.165) is 25.8 Å². The molecule has 0 atom stereocenters. The summed E-state index contributed by atoms with van der Waals surface area (Å²) in [6.07, 6.45) is 3.29. The summed E-state index contributed by atoms with van der Waals surface area (Å²) >= 11 is 0. The number of rotatable bonds is 6. The summed E-state index contributed by atoms with van der Waals surface area (Å²) in [5.74, 6) is 1.26. The zero-order chi connectivity index (χ0) is 14.7. The third-order valence-electron chi connectivity index (χ3n) is 3.39. The molecule has 1 aromatic rings. The van der Waals surface area contributed by atoms with Gasteiger partial charge in [0, 0.05) is 18.7 Å². The molecule has 0 N–H and O–H groups in total. The molecule has 1 aromatic heterocycles. The number of pyridine rings is 1. The van der Waals surface area contributed by atoms with Crippen LogP contribution < -0.4 is 4.90 Å². The maximum absolute atomic E-state index is 10.8. The van der Waals surface area contributed by atoms with E-state index in [0.29, 0.717) is 17.8 Å². The fourth-order valence-corrected chi connectivity index (χ4v) is 2.10. The summed E-state index contributed by atoms with van der Waals surface area (Å²) in [7, 11) is 0. The lowest BCUT2D eigenvalue weighted by molar-refractivity contribution is -0.385. The summed E-state index contributed by atoms with van der Waals surface area (Å²) in [5.41, 5.74) is -0.335. The summed E-state index contributed by atoms with van der Waals surface area (Å²) < 4.78 is 0. The number of anilines is 1. The summed E-state index contributed by atoms with van der Waals surface area (Å²) in [5, 5.41) is 19.8. The van der Waals surface area contributed by atoms with Crippen LogP contribution in [0.15, 0.2) is 12.1 Å². The Morgan fingerprint density at radius 1 is 1.55 bits per heavy atom. The van der Waals surface area contributed by atoms with Crippen LogP contribution in [0.1, 0.15) is 38.8 Å². The Kier molecular flexibility index (Phi) is 4.18. The largest absolute Gasteiger partial charge is 0.354 e. The van der Waals surface area contributed by atoms with Gasteiger partial charge in [0.2, 0.25) is 5.69 Å². The first-order valence-electron chi connectivity index (χ1n) is 6.85. The van der Waals surface area contributed by atoms with Gasteiger partial charge in [-0.1, -0.05) is 13.8 Å². The maximum atomic E-state index is 10.8. The zero-order valence-electron chi connectivity index (χ0n) is 11.7. The van der Waals surface area contributed by atoms with Crippen LogP contribution in [0.3, 0.4) is 0 Å². The van der Waals surface area contributed by atoms with Crippen LogP contribution in [0.5, 0.6) is 0 Å². The van der Waals surface area contributed by atoms with Crippen LogP contribution in [0, 0.1) is 27.4 Å². The Morgan fingerprint density at radius 3 is 2.75 bits per heavy atom. The lowest BCUT2D eigenvalue weighted by Crippen LogP contribution is -2.28. The van der Waals surface area contributed by atoms with Gasteiger partial charge >= 0.3 is 5.69 Å². The van der Waals surface area contributed by atoms with Gasteiger partial charge in [-0.25, -0.2) is 4.98 Å². The lowest BCUT2D eigenvalue weighted by atomic mass is 10.1. The summed E-state index contributed by atoms with van der Waals surface area (Å²) in [4.78, 5) is 16.6. The summed E-state index contributed by atoms with van der Waals surface area (Å²) in [6.45, 7) is 5.20. The molecule has 6 nitrogen and oxygen atoms in total. The molecule has 0 amide bonds. The van der Waals surface area contributed by atoms with Gasteiger partial charge in [0.15, 0.2) is 0 Å². The molecule has 1 aliphatic rings. The minimum absolute atomic E-state index is 0.109. The van der Waals surface area contributed by atoms with E-state index >= 15 is 0 Å². The molecule has 0 radical (unpaired) electrons. The second kappa shape index (κ2) is 5.87. The van der Waals surface area contributed by atoms with E-state index in [9.17, 15) is 10.1 Å². The van der Waals surface area contributed by atoms with Crippen molar-refractivity contribution in [2.45, 2.75) is 39.2 Å². The van der Waals surface area contributed by atoms with Crippen LogP contribution in [0.2, 0.25) is 0 Å². The number of nitro groups is 1. The molecular weight excluding hydrogens is 256 g/mol. The SMILES string of the molecule is CC(C)CCN(c1ccc([N+](=O)[O-])c(C#N)n1)C1CC1. The van der Waals surface area contributed by atoms with Crippen molar-refractivity contribution in [1.82, 2.24) is 4.98 Å². The van der Waals surface area contributed by atoms with Gasteiger partial charge in [0.05, 0.1) is 4.92 Å². The van der Waals surface area contributed by atoms with Crippen molar-refractivity contribution in [3.05, 3.63) is 27.9 Å². The first-order valence-corrected chi connectivity index (χ1v) is 6.85.